The smallest absolute Gasteiger partial charge is 0.223 e. The molecule has 0 aliphatic carbocycles. The highest BCUT2D eigenvalue weighted by Crippen LogP contribution is 2.16. The fourth-order valence-corrected chi connectivity index (χ4v) is 1.43. The van der Waals surface area contributed by atoms with E-state index in [4.69, 9.17) is 0 Å². The number of fused-ring (bicyclic) bond motifs is 1. The molecule has 2 aromatic heterocycles. The second kappa shape index (κ2) is 3.38. The van der Waals surface area contributed by atoms with Crippen molar-refractivity contribution in [2.24, 2.45) is 0 Å². The number of imidazole rings is 1. The summed E-state index contributed by atoms with van der Waals surface area (Å²) in [5, 5.41) is 2.55. The van der Waals surface area contributed by atoms with Crippen LogP contribution in [-0.4, -0.2) is 20.9 Å². The number of pyridine rings is 1. The van der Waals surface area contributed by atoms with E-state index in [-0.39, 0.29) is 5.91 Å². The lowest BCUT2D eigenvalue weighted by Crippen LogP contribution is -2.06. The molecule has 72 valence electrons. The molecule has 2 heterocycles. The van der Waals surface area contributed by atoms with Gasteiger partial charge in [0.15, 0.2) is 5.65 Å². The number of halogens is 1. The SMILES string of the molecule is CC(=O)Nc1nc2ncc(Br)cc2[nH]1. The number of hydrogen-bond donors (Lipinski definition) is 2. The first-order valence-electron chi connectivity index (χ1n) is 3.94. The summed E-state index contributed by atoms with van der Waals surface area (Å²) in [5.41, 5.74) is 1.36. The van der Waals surface area contributed by atoms with Gasteiger partial charge in [0.2, 0.25) is 11.9 Å². The van der Waals surface area contributed by atoms with Gasteiger partial charge in [0.1, 0.15) is 0 Å². The van der Waals surface area contributed by atoms with Crippen molar-refractivity contribution in [3.63, 3.8) is 0 Å². The van der Waals surface area contributed by atoms with Crippen LogP contribution in [0, 0.1) is 0 Å². The summed E-state index contributed by atoms with van der Waals surface area (Å²) in [4.78, 5) is 21.8. The molecular formula is C8H7BrN4O. The molecule has 1 amide bonds. The van der Waals surface area contributed by atoms with Crippen LogP contribution in [0.4, 0.5) is 5.95 Å². The van der Waals surface area contributed by atoms with Crippen molar-refractivity contribution in [1.82, 2.24) is 15.0 Å². The van der Waals surface area contributed by atoms with Crippen molar-refractivity contribution in [1.29, 1.82) is 0 Å². The van der Waals surface area contributed by atoms with Gasteiger partial charge in [-0.15, -0.1) is 0 Å². The Morgan fingerprint density at radius 3 is 3.14 bits per heavy atom. The minimum Gasteiger partial charge on any atom is -0.322 e. The quantitative estimate of drug-likeness (QED) is 0.814. The van der Waals surface area contributed by atoms with E-state index in [0.29, 0.717) is 11.6 Å². The molecule has 0 saturated heterocycles. The summed E-state index contributed by atoms with van der Waals surface area (Å²) in [6.07, 6.45) is 1.65. The number of anilines is 1. The molecule has 0 aliphatic heterocycles. The van der Waals surface area contributed by atoms with Crippen LogP contribution in [0.25, 0.3) is 11.2 Å². The predicted octanol–water partition coefficient (Wildman–Crippen LogP) is 1.68. The first-order valence-corrected chi connectivity index (χ1v) is 4.73. The van der Waals surface area contributed by atoms with Crippen LogP contribution >= 0.6 is 15.9 Å². The molecule has 0 aliphatic rings. The molecule has 0 radical (unpaired) electrons. The monoisotopic (exact) mass is 254 g/mol. The Bertz CT molecular complexity index is 493. The van der Waals surface area contributed by atoms with Gasteiger partial charge in [-0.05, 0) is 22.0 Å². The molecular weight excluding hydrogens is 248 g/mol. The van der Waals surface area contributed by atoms with Gasteiger partial charge in [-0.1, -0.05) is 0 Å². The van der Waals surface area contributed by atoms with E-state index >= 15 is 0 Å². The molecule has 2 aromatic rings. The predicted molar refractivity (Wildman–Crippen MR) is 55.9 cm³/mol. The first kappa shape index (κ1) is 9.14. The molecule has 0 bridgehead atoms. The van der Waals surface area contributed by atoms with E-state index in [2.05, 4.69) is 36.2 Å². The number of carbonyl (C=O) groups excluding carboxylic acids is 1. The molecule has 0 saturated carbocycles. The topological polar surface area (TPSA) is 70.7 Å². The highest BCUT2D eigenvalue weighted by atomic mass is 79.9. The normalized spacial score (nSPS) is 10.4. The second-order valence-electron chi connectivity index (χ2n) is 2.79. The van der Waals surface area contributed by atoms with Gasteiger partial charge >= 0.3 is 0 Å². The van der Waals surface area contributed by atoms with Crippen LogP contribution in [-0.2, 0) is 4.79 Å². The summed E-state index contributed by atoms with van der Waals surface area (Å²) in [6, 6.07) is 1.85. The third kappa shape index (κ3) is 1.74. The number of rotatable bonds is 1. The summed E-state index contributed by atoms with van der Waals surface area (Å²) in [6.45, 7) is 1.43. The zero-order chi connectivity index (χ0) is 10.1. The number of aromatic amines is 1. The second-order valence-corrected chi connectivity index (χ2v) is 3.71. The maximum atomic E-state index is 10.8. The number of amides is 1. The van der Waals surface area contributed by atoms with Gasteiger partial charge in [0, 0.05) is 17.6 Å². The molecule has 0 atom stereocenters. The first-order chi connectivity index (χ1) is 6.65. The van der Waals surface area contributed by atoms with Crippen molar-refractivity contribution in [2.45, 2.75) is 6.92 Å². The number of nitrogens with zero attached hydrogens (tertiary/aromatic N) is 2. The van der Waals surface area contributed by atoms with E-state index < -0.39 is 0 Å². The third-order valence-corrected chi connectivity index (χ3v) is 2.03. The van der Waals surface area contributed by atoms with Gasteiger partial charge < -0.3 is 4.98 Å². The summed E-state index contributed by atoms with van der Waals surface area (Å²) in [5.74, 6) is 0.251. The maximum absolute atomic E-state index is 10.8. The molecule has 5 nitrogen and oxygen atoms in total. The van der Waals surface area contributed by atoms with Gasteiger partial charge in [-0.3, -0.25) is 10.1 Å². The van der Waals surface area contributed by atoms with Gasteiger partial charge in [0.25, 0.3) is 0 Å². The zero-order valence-corrected chi connectivity index (χ0v) is 8.92. The van der Waals surface area contributed by atoms with Crippen molar-refractivity contribution in [3.8, 4) is 0 Å². The maximum Gasteiger partial charge on any atom is 0.223 e. The Morgan fingerprint density at radius 1 is 1.64 bits per heavy atom. The van der Waals surface area contributed by atoms with Crippen molar-refractivity contribution < 1.29 is 4.79 Å². The van der Waals surface area contributed by atoms with Crippen LogP contribution in [0.1, 0.15) is 6.92 Å². The third-order valence-electron chi connectivity index (χ3n) is 1.60. The lowest BCUT2D eigenvalue weighted by atomic mass is 10.4. The lowest BCUT2D eigenvalue weighted by Gasteiger charge is -1.92. The number of hydrogen-bond acceptors (Lipinski definition) is 3. The summed E-state index contributed by atoms with van der Waals surface area (Å²) >= 11 is 3.29. The molecule has 2 N–H and O–H groups in total. The van der Waals surface area contributed by atoms with Crippen LogP contribution in [0.2, 0.25) is 0 Å². The molecule has 6 heteroatoms. The van der Waals surface area contributed by atoms with E-state index in [0.717, 1.165) is 9.99 Å². The van der Waals surface area contributed by atoms with Gasteiger partial charge in [0.05, 0.1) is 5.52 Å². The highest BCUT2D eigenvalue weighted by molar-refractivity contribution is 9.10. The molecule has 14 heavy (non-hydrogen) atoms. The zero-order valence-electron chi connectivity index (χ0n) is 7.34. The Kier molecular flexibility index (Phi) is 2.20. The van der Waals surface area contributed by atoms with Crippen molar-refractivity contribution in [2.75, 3.05) is 5.32 Å². The van der Waals surface area contributed by atoms with Crippen LogP contribution in [0.5, 0.6) is 0 Å². The standard InChI is InChI=1S/C8H7BrN4O/c1-4(14)11-8-12-6-2-5(9)3-10-7(6)13-8/h2-3H,1H3,(H2,10,11,12,13,14). The largest absolute Gasteiger partial charge is 0.322 e. The number of aromatic nitrogens is 3. The highest BCUT2D eigenvalue weighted by Gasteiger charge is 2.04. The number of carbonyl (C=O) groups is 1. The van der Waals surface area contributed by atoms with Crippen molar-refractivity contribution >= 4 is 38.9 Å². The number of nitrogens with one attached hydrogen (secondary N) is 2. The molecule has 0 spiro atoms. The molecule has 0 aromatic carbocycles. The van der Waals surface area contributed by atoms with E-state index in [1.807, 2.05) is 6.07 Å². The van der Waals surface area contributed by atoms with E-state index in [9.17, 15) is 4.79 Å². The fourth-order valence-electron chi connectivity index (χ4n) is 1.10. The fraction of sp³-hybridized carbons (Fsp3) is 0.125. The Morgan fingerprint density at radius 2 is 2.43 bits per heavy atom. The number of H-pyrrole nitrogens is 1. The Labute approximate surface area is 88.1 Å². The Balaban J connectivity index is 2.46. The lowest BCUT2D eigenvalue weighted by molar-refractivity contribution is -0.114. The van der Waals surface area contributed by atoms with Crippen LogP contribution in [0.3, 0.4) is 0 Å². The average molecular weight is 255 g/mol. The van der Waals surface area contributed by atoms with E-state index in [1.165, 1.54) is 6.92 Å². The van der Waals surface area contributed by atoms with Gasteiger partial charge in [-0.25, -0.2) is 4.98 Å². The summed E-state index contributed by atoms with van der Waals surface area (Å²) < 4.78 is 0.864. The van der Waals surface area contributed by atoms with Crippen molar-refractivity contribution in [3.05, 3.63) is 16.7 Å². The van der Waals surface area contributed by atoms with Gasteiger partial charge in [-0.2, -0.15) is 4.98 Å². The van der Waals surface area contributed by atoms with Crippen LogP contribution < -0.4 is 5.32 Å². The Hall–Kier alpha value is -1.43. The molecule has 0 fully saturated rings. The average Bonchev–Trinajstić information content (AvgIpc) is 2.44. The molecule has 2 rings (SSSR count). The molecule has 0 unspecified atom stereocenters. The minimum absolute atomic E-state index is 0.164. The minimum atomic E-state index is -0.164. The van der Waals surface area contributed by atoms with E-state index in [1.54, 1.807) is 6.20 Å². The summed E-state index contributed by atoms with van der Waals surface area (Å²) in [7, 11) is 0. The van der Waals surface area contributed by atoms with Crippen LogP contribution in [0.15, 0.2) is 16.7 Å².